The Kier molecular flexibility index (Phi) is 3.37. The van der Waals surface area contributed by atoms with Gasteiger partial charge in [0.15, 0.2) is 0 Å². The summed E-state index contributed by atoms with van der Waals surface area (Å²) < 4.78 is 4.60. The van der Waals surface area contributed by atoms with E-state index in [0.29, 0.717) is 9.88 Å². The zero-order valence-corrected chi connectivity index (χ0v) is 9.68. The second-order valence-electron chi connectivity index (χ2n) is 3.68. The van der Waals surface area contributed by atoms with E-state index in [0.717, 1.165) is 10.9 Å². The highest BCUT2D eigenvalue weighted by molar-refractivity contribution is 7.99. The summed E-state index contributed by atoms with van der Waals surface area (Å²) in [6.45, 7) is 6.57. The van der Waals surface area contributed by atoms with Crippen LogP contribution in [0.2, 0.25) is 4.47 Å². The van der Waals surface area contributed by atoms with Crippen molar-refractivity contribution >= 4 is 34.9 Å². The van der Waals surface area contributed by atoms with Crippen LogP contribution in [0.15, 0.2) is 5.16 Å². The number of nitrogens with zero attached hydrogens (tertiary/aromatic N) is 2. The lowest BCUT2D eigenvalue weighted by atomic mass is 10.0. The maximum atomic E-state index is 5.64. The van der Waals surface area contributed by atoms with Crippen molar-refractivity contribution in [2.24, 2.45) is 5.41 Å². The minimum Gasteiger partial charge on any atom is -0.198 e. The largest absolute Gasteiger partial charge is 0.204 e. The lowest BCUT2D eigenvalue weighted by Crippen LogP contribution is -2.08. The summed E-state index contributed by atoms with van der Waals surface area (Å²) in [4.78, 5) is 4.05. The van der Waals surface area contributed by atoms with Gasteiger partial charge < -0.3 is 0 Å². The highest BCUT2D eigenvalue weighted by Crippen LogP contribution is 2.26. The van der Waals surface area contributed by atoms with Gasteiger partial charge in [-0.25, -0.2) is 0 Å². The maximum Gasteiger partial charge on any atom is 0.204 e. The highest BCUT2D eigenvalue weighted by atomic mass is 35.5. The van der Waals surface area contributed by atoms with Gasteiger partial charge in [0.2, 0.25) is 9.62 Å². The quantitative estimate of drug-likeness (QED) is 0.718. The molecule has 0 saturated heterocycles. The summed E-state index contributed by atoms with van der Waals surface area (Å²) >= 11 is 8.53. The van der Waals surface area contributed by atoms with Gasteiger partial charge in [-0.2, -0.15) is 9.36 Å². The minimum absolute atomic E-state index is 0.308. The summed E-state index contributed by atoms with van der Waals surface area (Å²) in [5.41, 5.74) is 0.308. The maximum absolute atomic E-state index is 5.64. The molecule has 0 radical (unpaired) electrons. The van der Waals surface area contributed by atoms with E-state index in [4.69, 9.17) is 11.6 Å². The van der Waals surface area contributed by atoms with Crippen molar-refractivity contribution < 1.29 is 0 Å². The Labute approximate surface area is 85.9 Å². The number of hydrogen-bond acceptors (Lipinski definition) is 4. The molecule has 5 heteroatoms. The Balaban J connectivity index is 2.44. The van der Waals surface area contributed by atoms with Gasteiger partial charge in [0.05, 0.1) is 0 Å². The van der Waals surface area contributed by atoms with E-state index < -0.39 is 0 Å². The van der Waals surface area contributed by atoms with E-state index in [2.05, 4.69) is 30.1 Å². The minimum atomic E-state index is 0.308. The smallest absolute Gasteiger partial charge is 0.198 e. The van der Waals surface area contributed by atoms with Gasteiger partial charge in [0.25, 0.3) is 0 Å². The van der Waals surface area contributed by atoms with E-state index >= 15 is 0 Å². The third kappa shape index (κ3) is 3.74. The van der Waals surface area contributed by atoms with Crippen molar-refractivity contribution in [3.63, 3.8) is 0 Å². The van der Waals surface area contributed by atoms with Crippen LogP contribution in [0, 0.1) is 5.41 Å². The van der Waals surface area contributed by atoms with Gasteiger partial charge in [-0.05, 0) is 28.5 Å². The van der Waals surface area contributed by atoms with E-state index in [1.807, 2.05) is 0 Å². The zero-order chi connectivity index (χ0) is 9.19. The first-order valence-electron chi connectivity index (χ1n) is 3.59. The van der Waals surface area contributed by atoms with Crippen LogP contribution in [0.25, 0.3) is 0 Å². The molecule has 0 N–H and O–H groups in total. The first kappa shape index (κ1) is 10.3. The SMILES string of the molecule is CC(C)(C)CSc1nsc(Cl)n1. The topological polar surface area (TPSA) is 25.8 Å². The zero-order valence-electron chi connectivity index (χ0n) is 7.30. The molecule has 1 heterocycles. The standard InChI is InChI=1S/C7H11ClN2S2/c1-7(2,3)4-11-6-9-5(8)12-10-6/h4H2,1-3H3. The van der Waals surface area contributed by atoms with Crippen molar-refractivity contribution in [3.05, 3.63) is 4.47 Å². The average molecular weight is 223 g/mol. The second-order valence-corrected chi connectivity index (χ2v) is 5.96. The Bertz CT molecular complexity index is 254. The lowest BCUT2D eigenvalue weighted by Gasteiger charge is -2.15. The van der Waals surface area contributed by atoms with Crippen molar-refractivity contribution in [1.29, 1.82) is 0 Å². The average Bonchev–Trinajstić information content (AvgIpc) is 2.30. The molecule has 0 fully saturated rings. The Hall–Kier alpha value is 0.200. The van der Waals surface area contributed by atoms with Crippen LogP contribution in [-0.4, -0.2) is 15.1 Å². The van der Waals surface area contributed by atoms with E-state index in [1.54, 1.807) is 11.8 Å². The van der Waals surface area contributed by atoms with E-state index in [-0.39, 0.29) is 0 Å². The third-order valence-electron chi connectivity index (χ3n) is 1.02. The molecule has 0 saturated carbocycles. The molecular weight excluding hydrogens is 212 g/mol. The van der Waals surface area contributed by atoms with Gasteiger partial charge in [-0.1, -0.05) is 32.5 Å². The number of halogens is 1. The molecule has 0 aliphatic rings. The summed E-state index contributed by atoms with van der Waals surface area (Å²) in [6, 6.07) is 0. The fourth-order valence-electron chi connectivity index (χ4n) is 0.532. The molecule has 68 valence electrons. The fraction of sp³-hybridized carbons (Fsp3) is 0.714. The Morgan fingerprint density at radius 1 is 1.50 bits per heavy atom. The molecule has 0 spiro atoms. The second kappa shape index (κ2) is 3.94. The van der Waals surface area contributed by atoms with Crippen molar-refractivity contribution in [2.75, 3.05) is 5.75 Å². The molecule has 0 aliphatic heterocycles. The Morgan fingerprint density at radius 3 is 2.58 bits per heavy atom. The van der Waals surface area contributed by atoms with Gasteiger partial charge in [0.1, 0.15) is 0 Å². The lowest BCUT2D eigenvalue weighted by molar-refractivity contribution is 0.480. The normalized spacial score (nSPS) is 12.0. The molecule has 1 aromatic rings. The summed E-state index contributed by atoms with van der Waals surface area (Å²) in [5, 5.41) is 0.792. The molecule has 2 nitrogen and oxygen atoms in total. The van der Waals surface area contributed by atoms with Crippen LogP contribution < -0.4 is 0 Å². The van der Waals surface area contributed by atoms with Crippen LogP contribution in [-0.2, 0) is 0 Å². The summed E-state index contributed by atoms with van der Waals surface area (Å²) in [6.07, 6.45) is 0. The van der Waals surface area contributed by atoms with Gasteiger partial charge >= 0.3 is 0 Å². The predicted octanol–water partition coefficient (Wildman–Crippen LogP) is 3.33. The van der Waals surface area contributed by atoms with Gasteiger partial charge in [-0.3, -0.25) is 0 Å². The molecule has 1 aromatic heterocycles. The molecule has 12 heavy (non-hydrogen) atoms. The molecule has 0 bridgehead atoms. The van der Waals surface area contributed by atoms with Crippen LogP contribution >= 0.6 is 34.9 Å². The highest BCUT2D eigenvalue weighted by Gasteiger charge is 2.12. The molecule has 0 aromatic carbocycles. The first-order chi connectivity index (χ1) is 5.47. The number of rotatable bonds is 2. The van der Waals surface area contributed by atoms with E-state index in [1.165, 1.54) is 11.5 Å². The van der Waals surface area contributed by atoms with Crippen molar-refractivity contribution in [1.82, 2.24) is 9.36 Å². The Morgan fingerprint density at radius 2 is 2.17 bits per heavy atom. The summed E-state index contributed by atoms with van der Waals surface area (Å²) in [5.74, 6) is 1.01. The van der Waals surface area contributed by atoms with Crippen LogP contribution in [0.1, 0.15) is 20.8 Å². The van der Waals surface area contributed by atoms with Crippen LogP contribution in [0.3, 0.4) is 0 Å². The molecule has 1 rings (SSSR count). The van der Waals surface area contributed by atoms with Gasteiger partial charge in [-0.15, -0.1) is 0 Å². The number of hydrogen-bond donors (Lipinski definition) is 0. The van der Waals surface area contributed by atoms with Crippen LogP contribution in [0.5, 0.6) is 0 Å². The van der Waals surface area contributed by atoms with E-state index in [9.17, 15) is 0 Å². The predicted molar refractivity (Wildman–Crippen MR) is 55.1 cm³/mol. The van der Waals surface area contributed by atoms with Gasteiger partial charge in [0, 0.05) is 5.75 Å². The number of aromatic nitrogens is 2. The molecular formula is C7H11ClN2S2. The molecule has 0 aliphatic carbocycles. The van der Waals surface area contributed by atoms with Crippen molar-refractivity contribution in [3.8, 4) is 0 Å². The molecule has 0 unspecified atom stereocenters. The first-order valence-corrected chi connectivity index (χ1v) is 5.73. The third-order valence-corrected chi connectivity index (χ3v) is 3.38. The molecule has 0 atom stereocenters. The van der Waals surface area contributed by atoms with Crippen molar-refractivity contribution in [2.45, 2.75) is 25.9 Å². The monoisotopic (exact) mass is 222 g/mol. The molecule has 0 amide bonds. The summed E-state index contributed by atoms with van der Waals surface area (Å²) in [7, 11) is 0. The van der Waals surface area contributed by atoms with Crippen LogP contribution in [0.4, 0.5) is 0 Å². The fourth-order valence-corrected chi connectivity index (χ4v) is 2.19. The number of thioether (sulfide) groups is 1.